The number of hydrogen-bond acceptors (Lipinski definition) is 1. The summed E-state index contributed by atoms with van der Waals surface area (Å²) in [5.41, 5.74) is 0. The Kier molecular flexibility index (Phi) is 64.4. The summed E-state index contributed by atoms with van der Waals surface area (Å²) in [6.07, 6.45) is 5.37. The maximum atomic E-state index is 3.69. The van der Waals surface area contributed by atoms with Crippen molar-refractivity contribution in [3.05, 3.63) is 6.92 Å². The fourth-order valence-corrected chi connectivity index (χ4v) is 0.802. The van der Waals surface area contributed by atoms with E-state index in [1.54, 1.807) is 0 Å². The average Bonchev–Trinajstić information content (AvgIpc) is 2.24. The van der Waals surface area contributed by atoms with Gasteiger partial charge in [0.2, 0.25) is 0 Å². The molecule has 1 nitrogen and oxygen atoms in total. The molecule has 0 amide bonds. The first-order chi connectivity index (χ1) is 6.41. The Labute approximate surface area is 135 Å². The second kappa shape index (κ2) is 36.5. The van der Waals surface area contributed by atoms with Gasteiger partial charge >= 0.3 is 51.4 Å². The number of nitrogens with one attached hydrogen (secondary N) is 1. The molecule has 0 aromatic rings. The predicted molar refractivity (Wildman–Crippen MR) is 65.1 cm³/mol. The van der Waals surface area contributed by atoms with Gasteiger partial charge < -0.3 is 12.2 Å². The minimum absolute atomic E-state index is 0. The van der Waals surface area contributed by atoms with Gasteiger partial charge in [0.15, 0.2) is 0 Å². The van der Waals surface area contributed by atoms with Gasteiger partial charge in [0.05, 0.1) is 0 Å². The molecule has 0 aliphatic rings. The van der Waals surface area contributed by atoms with Gasteiger partial charge in [-0.3, -0.25) is 0 Å². The molecular formula is C12H30KN. The molecule has 0 rings (SSSR count). The first-order valence-electron chi connectivity index (χ1n) is 5.91. The minimum Gasteiger partial charge on any atom is -0.346 e. The molecule has 0 atom stereocenters. The van der Waals surface area contributed by atoms with Crippen LogP contribution >= 0.6 is 0 Å². The molecule has 0 unspecified atom stereocenters. The molecule has 0 aliphatic heterocycles. The van der Waals surface area contributed by atoms with Crippen LogP contribution in [0, 0.1) is 6.92 Å². The van der Waals surface area contributed by atoms with Gasteiger partial charge in [-0.15, -0.1) is 6.54 Å². The smallest absolute Gasteiger partial charge is 0.346 e. The molecule has 84 valence electrons. The van der Waals surface area contributed by atoms with Crippen LogP contribution in [0.3, 0.4) is 0 Å². The number of hydrogen-bond donors (Lipinski definition) is 1. The van der Waals surface area contributed by atoms with Crippen molar-refractivity contribution in [2.45, 2.75) is 60.3 Å². The summed E-state index contributed by atoms with van der Waals surface area (Å²) in [5, 5.41) is 3.20. The summed E-state index contributed by atoms with van der Waals surface area (Å²) < 4.78 is 0. The molecule has 0 heterocycles. The Morgan fingerprint density at radius 3 is 1.79 bits per heavy atom. The van der Waals surface area contributed by atoms with Crippen molar-refractivity contribution in [3.8, 4) is 0 Å². The summed E-state index contributed by atoms with van der Waals surface area (Å²) in [4.78, 5) is 0. The Bertz CT molecular complexity index is 43.6. The standard InChI is InChI=1S/C8H18N.2C2H6.K/c1-3-5-6-7-8-9-4-2;2*1-2;/h9H,2-8H2,1H3;2*1-2H3;/q-1;;;+1. The first kappa shape index (κ1) is 24.7. The fourth-order valence-electron chi connectivity index (χ4n) is 0.802. The first-order valence-corrected chi connectivity index (χ1v) is 5.91. The summed E-state index contributed by atoms with van der Waals surface area (Å²) in [6.45, 7) is 15.9. The molecule has 0 aliphatic carbocycles. The Balaban J connectivity index is -0.0000000883. The minimum atomic E-state index is 0. The van der Waals surface area contributed by atoms with E-state index in [9.17, 15) is 0 Å². The summed E-state index contributed by atoms with van der Waals surface area (Å²) in [6, 6.07) is 0. The van der Waals surface area contributed by atoms with Crippen LogP contribution in [0.25, 0.3) is 0 Å². The van der Waals surface area contributed by atoms with E-state index in [0.717, 1.165) is 13.1 Å². The van der Waals surface area contributed by atoms with Crippen molar-refractivity contribution < 1.29 is 51.4 Å². The zero-order chi connectivity index (χ0) is 10.9. The van der Waals surface area contributed by atoms with Crippen molar-refractivity contribution in [2.24, 2.45) is 0 Å². The number of unbranched alkanes of at least 4 members (excludes halogenated alkanes) is 3. The van der Waals surface area contributed by atoms with Crippen LogP contribution < -0.4 is 56.7 Å². The molecule has 1 N–H and O–H groups in total. The van der Waals surface area contributed by atoms with E-state index >= 15 is 0 Å². The van der Waals surface area contributed by atoms with Crippen LogP contribution in [0.5, 0.6) is 0 Å². The normalized spacial score (nSPS) is 7.29. The largest absolute Gasteiger partial charge is 1.00 e. The van der Waals surface area contributed by atoms with Crippen molar-refractivity contribution in [2.75, 3.05) is 13.1 Å². The van der Waals surface area contributed by atoms with E-state index < -0.39 is 0 Å². The monoisotopic (exact) mass is 227 g/mol. The van der Waals surface area contributed by atoms with Gasteiger partial charge in [0.25, 0.3) is 0 Å². The molecule has 0 spiro atoms. The topological polar surface area (TPSA) is 12.0 Å². The van der Waals surface area contributed by atoms with Crippen LogP contribution in [-0.2, 0) is 0 Å². The maximum absolute atomic E-state index is 3.69. The molecule has 0 bridgehead atoms. The van der Waals surface area contributed by atoms with Crippen molar-refractivity contribution in [1.82, 2.24) is 5.32 Å². The quantitative estimate of drug-likeness (QED) is 0.406. The third kappa shape index (κ3) is 37.4. The van der Waals surface area contributed by atoms with Crippen LogP contribution in [-0.4, -0.2) is 13.1 Å². The third-order valence-corrected chi connectivity index (χ3v) is 1.38. The molecule has 0 fully saturated rings. The van der Waals surface area contributed by atoms with E-state index in [0.29, 0.717) is 0 Å². The van der Waals surface area contributed by atoms with Gasteiger partial charge in [0, 0.05) is 0 Å². The molecular weight excluding hydrogens is 197 g/mol. The van der Waals surface area contributed by atoms with E-state index in [1.807, 2.05) is 27.7 Å². The Morgan fingerprint density at radius 1 is 0.929 bits per heavy atom. The Morgan fingerprint density at radius 2 is 1.43 bits per heavy atom. The second-order valence-corrected chi connectivity index (χ2v) is 2.31. The molecule has 14 heavy (non-hydrogen) atoms. The van der Waals surface area contributed by atoms with Crippen LogP contribution in [0.2, 0.25) is 0 Å². The fraction of sp³-hybridized carbons (Fsp3) is 0.917. The van der Waals surface area contributed by atoms with Gasteiger partial charge in [-0.2, -0.15) is 0 Å². The molecule has 0 saturated heterocycles. The zero-order valence-corrected chi connectivity index (χ0v) is 14.6. The van der Waals surface area contributed by atoms with Gasteiger partial charge in [-0.05, 0) is 13.0 Å². The van der Waals surface area contributed by atoms with Crippen molar-refractivity contribution in [1.29, 1.82) is 0 Å². The van der Waals surface area contributed by atoms with Crippen LogP contribution in [0.1, 0.15) is 60.3 Å². The molecule has 0 aromatic heterocycles. The molecule has 2 heteroatoms. The van der Waals surface area contributed by atoms with Gasteiger partial charge in [-0.25, -0.2) is 0 Å². The third-order valence-electron chi connectivity index (χ3n) is 1.38. The number of rotatable bonds is 6. The molecule has 0 saturated carbocycles. The molecule has 0 aromatic carbocycles. The Hall–Kier alpha value is 1.60. The van der Waals surface area contributed by atoms with E-state index in [-0.39, 0.29) is 51.4 Å². The van der Waals surface area contributed by atoms with Crippen molar-refractivity contribution >= 4 is 0 Å². The maximum Gasteiger partial charge on any atom is 1.00 e. The van der Waals surface area contributed by atoms with Gasteiger partial charge in [0.1, 0.15) is 0 Å². The summed E-state index contributed by atoms with van der Waals surface area (Å²) in [7, 11) is 0. The van der Waals surface area contributed by atoms with Gasteiger partial charge in [-0.1, -0.05) is 53.9 Å². The zero-order valence-electron chi connectivity index (χ0n) is 11.4. The van der Waals surface area contributed by atoms with Crippen LogP contribution in [0.4, 0.5) is 0 Å². The van der Waals surface area contributed by atoms with E-state index in [2.05, 4.69) is 19.2 Å². The average molecular weight is 227 g/mol. The van der Waals surface area contributed by atoms with E-state index in [4.69, 9.17) is 0 Å². The SMILES string of the molecule is CC.CC.[CH2-]CNCCCCCC.[K+]. The predicted octanol–water partition coefficient (Wildman–Crippen LogP) is 1.05. The van der Waals surface area contributed by atoms with Crippen molar-refractivity contribution in [3.63, 3.8) is 0 Å². The summed E-state index contributed by atoms with van der Waals surface area (Å²) >= 11 is 0. The summed E-state index contributed by atoms with van der Waals surface area (Å²) in [5.74, 6) is 0. The second-order valence-electron chi connectivity index (χ2n) is 2.31. The molecule has 0 radical (unpaired) electrons. The van der Waals surface area contributed by atoms with Crippen LogP contribution in [0.15, 0.2) is 0 Å². The van der Waals surface area contributed by atoms with E-state index in [1.165, 1.54) is 25.7 Å².